The van der Waals surface area contributed by atoms with Crippen molar-refractivity contribution >= 4 is 10.8 Å². The van der Waals surface area contributed by atoms with Crippen molar-refractivity contribution in [2.24, 2.45) is 11.8 Å². The summed E-state index contributed by atoms with van der Waals surface area (Å²) in [5.74, 6) is 3.32. The van der Waals surface area contributed by atoms with Gasteiger partial charge in [-0.15, -0.1) is 0 Å². The molecule has 0 unspecified atom stereocenters. The minimum absolute atomic E-state index is 0.102. The van der Waals surface area contributed by atoms with Crippen LogP contribution in [0.5, 0.6) is 5.75 Å². The van der Waals surface area contributed by atoms with E-state index in [9.17, 15) is 22.0 Å². The third-order valence-electron chi connectivity index (χ3n) is 6.72. The second-order valence-corrected chi connectivity index (χ2v) is 9.14. The van der Waals surface area contributed by atoms with E-state index in [1.54, 1.807) is 12.1 Å². The number of rotatable bonds is 6. The number of hydrogen-bond donors (Lipinski definition) is 0. The molecule has 0 spiro atoms. The van der Waals surface area contributed by atoms with Gasteiger partial charge < -0.3 is 4.74 Å². The SMILES string of the molecule is C/C=C/CCC1CCC(C#Cc2ccc(-c3ccc4c(F)c(OC(F)F)c(F)cc4c3)c(F)c2)CC1. The molecule has 3 aromatic carbocycles. The average molecular weight is 499 g/mol. The van der Waals surface area contributed by atoms with Crippen molar-refractivity contribution in [2.75, 3.05) is 0 Å². The van der Waals surface area contributed by atoms with Gasteiger partial charge in [0, 0.05) is 22.4 Å². The van der Waals surface area contributed by atoms with Gasteiger partial charge in [0.25, 0.3) is 0 Å². The molecule has 3 aromatic rings. The number of allylic oxidation sites excluding steroid dienone is 2. The fourth-order valence-electron chi connectivity index (χ4n) is 4.78. The zero-order chi connectivity index (χ0) is 25.7. The van der Waals surface area contributed by atoms with Crippen LogP contribution in [0.25, 0.3) is 21.9 Å². The van der Waals surface area contributed by atoms with Crippen LogP contribution in [0.4, 0.5) is 22.0 Å². The maximum absolute atomic E-state index is 14.9. The highest BCUT2D eigenvalue weighted by molar-refractivity contribution is 5.89. The van der Waals surface area contributed by atoms with E-state index in [4.69, 9.17) is 0 Å². The zero-order valence-corrected chi connectivity index (χ0v) is 20.0. The van der Waals surface area contributed by atoms with E-state index in [1.807, 2.05) is 6.92 Å². The van der Waals surface area contributed by atoms with Crippen LogP contribution in [-0.2, 0) is 0 Å². The van der Waals surface area contributed by atoms with Crippen LogP contribution < -0.4 is 4.74 Å². The van der Waals surface area contributed by atoms with Gasteiger partial charge >= 0.3 is 6.61 Å². The summed E-state index contributed by atoms with van der Waals surface area (Å²) in [6, 6.07) is 9.71. The summed E-state index contributed by atoms with van der Waals surface area (Å²) in [6.07, 6.45) is 11.1. The van der Waals surface area contributed by atoms with E-state index in [-0.39, 0.29) is 16.3 Å². The van der Waals surface area contributed by atoms with Crippen molar-refractivity contribution in [2.45, 2.75) is 52.1 Å². The maximum Gasteiger partial charge on any atom is 0.387 e. The van der Waals surface area contributed by atoms with Crippen molar-refractivity contribution in [1.82, 2.24) is 0 Å². The first-order chi connectivity index (χ1) is 17.4. The average Bonchev–Trinajstić information content (AvgIpc) is 2.86. The van der Waals surface area contributed by atoms with Crippen LogP contribution >= 0.6 is 0 Å². The van der Waals surface area contributed by atoms with Gasteiger partial charge in [0.15, 0.2) is 17.4 Å². The Hall–Kier alpha value is -3.33. The molecule has 0 heterocycles. The second-order valence-electron chi connectivity index (χ2n) is 9.14. The van der Waals surface area contributed by atoms with Gasteiger partial charge in [0.1, 0.15) is 5.82 Å². The molecule has 0 saturated heterocycles. The van der Waals surface area contributed by atoms with Crippen LogP contribution in [-0.4, -0.2) is 6.61 Å². The molecule has 0 aromatic heterocycles. The molecule has 36 heavy (non-hydrogen) atoms. The Balaban J connectivity index is 1.48. The van der Waals surface area contributed by atoms with Gasteiger partial charge in [-0.05, 0) is 86.6 Å². The Morgan fingerprint density at radius 2 is 1.75 bits per heavy atom. The van der Waals surface area contributed by atoms with E-state index in [2.05, 4.69) is 28.7 Å². The number of fused-ring (bicyclic) bond motifs is 1. The fraction of sp³-hybridized carbons (Fsp3) is 0.333. The Morgan fingerprint density at radius 3 is 2.44 bits per heavy atom. The first-order valence-electron chi connectivity index (χ1n) is 12.1. The lowest BCUT2D eigenvalue weighted by Crippen LogP contribution is -2.13. The van der Waals surface area contributed by atoms with E-state index in [1.165, 1.54) is 43.5 Å². The topological polar surface area (TPSA) is 9.23 Å². The first kappa shape index (κ1) is 25.8. The van der Waals surface area contributed by atoms with Gasteiger partial charge in [0.05, 0.1) is 0 Å². The number of halogens is 5. The third kappa shape index (κ3) is 6.07. The van der Waals surface area contributed by atoms with E-state index in [0.717, 1.165) is 31.2 Å². The number of benzene rings is 3. The highest BCUT2D eigenvalue weighted by Gasteiger charge is 2.20. The maximum atomic E-state index is 14.9. The molecule has 1 aliphatic rings. The predicted octanol–water partition coefficient (Wildman–Crippen LogP) is 9.04. The molecule has 1 aliphatic carbocycles. The van der Waals surface area contributed by atoms with Gasteiger partial charge in [-0.3, -0.25) is 0 Å². The summed E-state index contributed by atoms with van der Waals surface area (Å²) in [5, 5.41) is 0.00366. The van der Waals surface area contributed by atoms with Crippen molar-refractivity contribution in [3.05, 3.63) is 77.6 Å². The Labute approximate surface area is 208 Å². The van der Waals surface area contributed by atoms with Crippen LogP contribution in [0.1, 0.15) is 51.0 Å². The molecule has 4 rings (SSSR count). The molecular weight excluding hydrogens is 471 g/mol. The monoisotopic (exact) mass is 498 g/mol. The molecule has 1 saturated carbocycles. The molecule has 0 N–H and O–H groups in total. The highest BCUT2D eigenvalue weighted by atomic mass is 19.3. The largest absolute Gasteiger partial charge is 0.429 e. The minimum atomic E-state index is -3.36. The summed E-state index contributed by atoms with van der Waals surface area (Å²) >= 11 is 0. The van der Waals surface area contributed by atoms with Crippen molar-refractivity contribution in [1.29, 1.82) is 0 Å². The molecule has 6 heteroatoms. The standard InChI is InChI=1S/C30H27F5O/c1-2-3-4-5-19-6-8-20(9-7-19)10-11-21-12-14-24(26(31)16-21)22-13-15-25-23(17-22)18-27(32)29(28(25)33)36-30(34)35/h2-3,12-20,30H,4-9H2,1H3/b3-2+. The van der Waals surface area contributed by atoms with Gasteiger partial charge in [-0.25, -0.2) is 13.2 Å². The van der Waals surface area contributed by atoms with E-state index >= 15 is 0 Å². The van der Waals surface area contributed by atoms with Crippen LogP contribution in [0.15, 0.2) is 54.6 Å². The normalized spacial score (nSPS) is 18.0. The Kier molecular flexibility index (Phi) is 8.30. The van der Waals surface area contributed by atoms with Gasteiger partial charge in [0.2, 0.25) is 0 Å². The van der Waals surface area contributed by atoms with Crippen LogP contribution in [0.2, 0.25) is 0 Å². The van der Waals surface area contributed by atoms with E-state index < -0.39 is 29.8 Å². The summed E-state index contributed by atoms with van der Waals surface area (Å²) in [7, 11) is 0. The lowest BCUT2D eigenvalue weighted by Gasteiger charge is -2.25. The Bertz CT molecular complexity index is 1310. The number of hydrogen-bond acceptors (Lipinski definition) is 1. The molecule has 0 aliphatic heterocycles. The quantitative estimate of drug-likeness (QED) is 0.187. The predicted molar refractivity (Wildman–Crippen MR) is 132 cm³/mol. The summed E-state index contributed by atoms with van der Waals surface area (Å²) in [6.45, 7) is -1.32. The molecule has 0 amide bonds. The molecule has 1 nitrogen and oxygen atoms in total. The van der Waals surface area contributed by atoms with Crippen molar-refractivity contribution in [3.8, 4) is 28.7 Å². The Morgan fingerprint density at radius 1 is 0.972 bits per heavy atom. The highest BCUT2D eigenvalue weighted by Crippen LogP contribution is 2.34. The summed E-state index contributed by atoms with van der Waals surface area (Å²) < 4.78 is 72.5. The lowest BCUT2D eigenvalue weighted by molar-refractivity contribution is -0.0544. The van der Waals surface area contributed by atoms with Crippen molar-refractivity contribution < 1.29 is 26.7 Å². The molecule has 1 fully saturated rings. The third-order valence-corrected chi connectivity index (χ3v) is 6.72. The second kappa shape index (κ2) is 11.6. The van der Waals surface area contributed by atoms with Gasteiger partial charge in [-0.2, -0.15) is 8.78 Å². The first-order valence-corrected chi connectivity index (χ1v) is 12.1. The lowest BCUT2D eigenvalue weighted by atomic mass is 9.80. The fourth-order valence-corrected chi connectivity index (χ4v) is 4.78. The minimum Gasteiger partial charge on any atom is -0.429 e. The summed E-state index contributed by atoms with van der Waals surface area (Å²) in [5.41, 5.74) is 1.22. The van der Waals surface area contributed by atoms with Crippen LogP contribution in [0, 0.1) is 41.1 Å². The number of alkyl halides is 2. The molecular formula is C30H27F5O. The number of ether oxygens (including phenoxy) is 1. The molecule has 188 valence electrons. The molecule has 0 bridgehead atoms. The molecule has 0 radical (unpaired) electrons. The zero-order valence-electron chi connectivity index (χ0n) is 20.0. The van der Waals surface area contributed by atoms with Crippen LogP contribution in [0.3, 0.4) is 0 Å². The molecule has 0 atom stereocenters. The summed E-state index contributed by atoms with van der Waals surface area (Å²) in [4.78, 5) is 0. The van der Waals surface area contributed by atoms with E-state index in [0.29, 0.717) is 17.0 Å². The van der Waals surface area contributed by atoms with Gasteiger partial charge in [-0.1, -0.05) is 42.2 Å². The smallest absolute Gasteiger partial charge is 0.387 e. The van der Waals surface area contributed by atoms with Crippen molar-refractivity contribution in [3.63, 3.8) is 0 Å².